The fourth-order valence-electron chi connectivity index (χ4n) is 3.33. The number of aryl methyl sites for hydroxylation is 1. The van der Waals surface area contributed by atoms with Crippen molar-refractivity contribution in [3.05, 3.63) is 17.6 Å². The predicted octanol–water partition coefficient (Wildman–Crippen LogP) is 4.54. The van der Waals surface area contributed by atoms with E-state index in [9.17, 15) is 0 Å². The van der Waals surface area contributed by atoms with Crippen molar-refractivity contribution in [3.63, 3.8) is 0 Å². The number of aromatic nitrogens is 2. The Morgan fingerprint density at radius 2 is 1.85 bits per heavy atom. The van der Waals surface area contributed by atoms with Crippen molar-refractivity contribution in [2.24, 2.45) is 5.92 Å². The summed E-state index contributed by atoms with van der Waals surface area (Å²) in [5, 5.41) is 3.18. The first-order valence-electron chi connectivity index (χ1n) is 8.32. The van der Waals surface area contributed by atoms with E-state index < -0.39 is 0 Å². The lowest BCUT2D eigenvalue weighted by Crippen LogP contribution is -2.16. The second-order valence-corrected chi connectivity index (χ2v) is 6.11. The zero-order valence-electron chi connectivity index (χ0n) is 13.3. The number of rotatable bonds is 6. The van der Waals surface area contributed by atoms with E-state index in [-0.39, 0.29) is 0 Å². The van der Waals surface area contributed by atoms with Gasteiger partial charge in [-0.05, 0) is 38.0 Å². The molecule has 0 aromatic carbocycles. The molecule has 1 aliphatic rings. The lowest BCUT2D eigenvalue weighted by molar-refractivity contribution is 0.302. The number of hydrogen-bond donors (Lipinski definition) is 1. The summed E-state index contributed by atoms with van der Waals surface area (Å²) in [6.45, 7) is 4.50. The second kappa shape index (κ2) is 7.61. The summed E-state index contributed by atoms with van der Waals surface area (Å²) in [7, 11) is 1.94. The maximum absolute atomic E-state index is 4.81. The van der Waals surface area contributed by atoms with Gasteiger partial charge in [0.25, 0.3) is 0 Å². The second-order valence-electron chi connectivity index (χ2n) is 6.11. The van der Waals surface area contributed by atoms with E-state index in [0.29, 0.717) is 5.92 Å². The van der Waals surface area contributed by atoms with Crippen molar-refractivity contribution in [2.75, 3.05) is 12.4 Å². The van der Waals surface area contributed by atoms with Gasteiger partial charge in [0.2, 0.25) is 0 Å². The Hall–Kier alpha value is -1.12. The lowest BCUT2D eigenvalue weighted by atomic mass is 9.80. The molecule has 3 nitrogen and oxygen atoms in total. The summed E-state index contributed by atoms with van der Waals surface area (Å²) in [5.41, 5.74) is 1.19. The Morgan fingerprint density at radius 3 is 2.45 bits per heavy atom. The molecule has 0 bridgehead atoms. The van der Waals surface area contributed by atoms with Gasteiger partial charge in [0.1, 0.15) is 11.6 Å². The van der Waals surface area contributed by atoms with Gasteiger partial charge < -0.3 is 5.32 Å². The molecule has 0 aliphatic heterocycles. The van der Waals surface area contributed by atoms with Gasteiger partial charge >= 0.3 is 0 Å². The highest BCUT2D eigenvalue weighted by Gasteiger charge is 2.24. The molecule has 0 radical (unpaired) electrons. The fraction of sp³-hybridized carbons (Fsp3) is 0.765. The van der Waals surface area contributed by atoms with E-state index in [1.807, 2.05) is 7.05 Å². The highest BCUT2D eigenvalue weighted by atomic mass is 15.0. The summed E-state index contributed by atoms with van der Waals surface area (Å²) in [4.78, 5) is 9.52. The third-order valence-electron chi connectivity index (χ3n) is 4.47. The van der Waals surface area contributed by atoms with Gasteiger partial charge in [-0.1, -0.05) is 33.1 Å². The molecule has 1 saturated carbocycles. The Morgan fingerprint density at radius 1 is 1.10 bits per heavy atom. The molecule has 1 aromatic heterocycles. The molecule has 0 saturated heterocycles. The van der Waals surface area contributed by atoms with Crippen LogP contribution in [0.4, 0.5) is 5.82 Å². The number of nitrogens with zero attached hydrogens (tertiary/aromatic N) is 2. The first-order chi connectivity index (χ1) is 9.76. The molecule has 1 N–H and O–H groups in total. The zero-order chi connectivity index (χ0) is 14.4. The molecule has 1 fully saturated rings. The molecule has 112 valence electrons. The molecule has 1 aromatic rings. The van der Waals surface area contributed by atoms with E-state index in [1.165, 1.54) is 44.2 Å². The Bertz CT molecular complexity index is 409. The van der Waals surface area contributed by atoms with E-state index in [0.717, 1.165) is 30.4 Å². The van der Waals surface area contributed by atoms with Crippen LogP contribution in [0.1, 0.15) is 76.2 Å². The van der Waals surface area contributed by atoms with Crippen molar-refractivity contribution in [2.45, 2.75) is 71.1 Å². The summed E-state index contributed by atoms with van der Waals surface area (Å²) in [6, 6.07) is 2.09. The molecule has 1 heterocycles. The van der Waals surface area contributed by atoms with E-state index in [4.69, 9.17) is 9.97 Å². The van der Waals surface area contributed by atoms with Crippen LogP contribution in [0, 0.1) is 5.92 Å². The number of nitrogens with one attached hydrogen (secondary N) is 1. The van der Waals surface area contributed by atoms with Crippen LogP contribution in [-0.2, 0) is 6.42 Å². The molecule has 3 heteroatoms. The van der Waals surface area contributed by atoms with E-state index in [2.05, 4.69) is 25.2 Å². The Balaban J connectivity index is 2.06. The SMILES string of the molecule is CCCc1cc(NC)nc(C2CCC(CCC)CC2)n1. The smallest absolute Gasteiger partial charge is 0.134 e. The van der Waals surface area contributed by atoms with E-state index >= 15 is 0 Å². The predicted molar refractivity (Wildman–Crippen MR) is 85.2 cm³/mol. The highest BCUT2D eigenvalue weighted by Crippen LogP contribution is 2.36. The maximum Gasteiger partial charge on any atom is 0.134 e. The van der Waals surface area contributed by atoms with Gasteiger partial charge in [-0.2, -0.15) is 0 Å². The summed E-state index contributed by atoms with van der Waals surface area (Å²) < 4.78 is 0. The Labute approximate surface area is 123 Å². The molecular formula is C17H29N3. The van der Waals surface area contributed by atoms with Gasteiger partial charge in [-0.15, -0.1) is 0 Å². The van der Waals surface area contributed by atoms with Gasteiger partial charge in [0.05, 0.1) is 0 Å². The minimum Gasteiger partial charge on any atom is -0.373 e. The third-order valence-corrected chi connectivity index (χ3v) is 4.47. The van der Waals surface area contributed by atoms with Crippen LogP contribution < -0.4 is 5.32 Å². The lowest BCUT2D eigenvalue weighted by Gasteiger charge is -2.27. The van der Waals surface area contributed by atoms with E-state index in [1.54, 1.807) is 0 Å². The Kier molecular flexibility index (Phi) is 5.81. The number of anilines is 1. The van der Waals surface area contributed by atoms with Crippen LogP contribution in [0.2, 0.25) is 0 Å². The molecular weight excluding hydrogens is 246 g/mol. The minimum atomic E-state index is 0.576. The molecule has 0 unspecified atom stereocenters. The molecule has 0 spiro atoms. The molecule has 2 rings (SSSR count). The summed E-state index contributed by atoms with van der Waals surface area (Å²) in [5.74, 6) is 3.58. The first kappa shape index (κ1) is 15.3. The zero-order valence-corrected chi connectivity index (χ0v) is 13.3. The topological polar surface area (TPSA) is 37.8 Å². The van der Waals surface area contributed by atoms with Crippen LogP contribution >= 0.6 is 0 Å². The highest BCUT2D eigenvalue weighted by molar-refractivity contribution is 5.35. The van der Waals surface area contributed by atoms with Gasteiger partial charge in [0.15, 0.2) is 0 Å². The molecule has 20 heavy (non-hydrogen) atoms. The maximum atomic E-state index is 4.81. The quantitative estimate of drug-likeness (QED) is 0.828. The summed E-state index contributed by atoms with van der Waals surface area (Å²) in [6.07, 6.45) is 10.2. The minimum absolute atomic E-state index is 0.576. The van der Waals surface area contributed by atoms with Crippen LogP contribution in [0.25, 0.3) is 0 Å². The van der Waals surface area contributed by atoms with Crippen molar-refractivity contribution in [3.8, 4) is 0 Å². The van der Waals surface area contributed by atoms with Crippen molar-refractivity contribution >= 4 is 5.82 Å². The molecule has 0 amide bonds. The van der Waals surface area contributed by atoms with Crippen LogP contribution in [0.5, 0.6) is 0 Å². The molecule has 1 aliphatic carbocycles. The average molecular weight is 275 g/mol. The van der Waals surface area contributed by atoms with Crippen molar-refractivity contribution in [1.82, 2.24) is 9.97 Å². The summed E-state index contributed by atoms with van der Waals surface area (Å²) >= 11 is 0. The first-order valence-corrected chi connectivity index (χ1v) is 8.32. The van der Waals surface area contributed by atoms with Crippen LogP contribution in [0.3, 0.4) is 0 Å². The number of hydrogen-bond acceptors (Lipinski definition) is 3. The average Bonchev–Trinajstić information content (AvgIpc) is 2.48. The standard InChI is InChI=1S/C17H29N3/c1-4-6-13-8-10-14(11-9-13)17-19-15(7-5-2)12-16(18-3)20-17/h12-14H,4-11H2,1-3H3,(H,18,19,20). The third kappa shape index (κ3) is 3.94. The largest absolute Gasteiger partial charge is 0.373 e. The fourth-order valence-corrected chi connectivity index (χ4v) is 3.33. The van der Waals surface area contributed by atoms with Gasteiger partial charge in [-0.25, -0.2) is 9.97 Å². The van der Waals surface area contributed by atoms with Gasteiger partial charge in [0, 0.05) is 24.7 Å². The van der Waals surface area contributed by atoms with Gasteiger partial charge in [-0.3, -0.25) is 0 Å². The monoisotopic (exact) mass is 275 g/mol. The van der Waals surface area contributed by atoms with Crippen molar-refractivity contribution in [1.29, 1.82) is 0 Å². The normalized spacial score (nSPS) is 22.8. The molecule has 0 atom stereocenters. The van der Waals surface area contributed by atoms with Crippen molar-refractivity contribution < 1.29 is 0 Å². The van der Waals surface area contributed by atoms with Crippen LogP contribution in [-0.4, -0.2) is 17.0 Å². The van der Waals surface area contributed by atoms with Crippen LogP contribution in [0.15, 0.2) is 6.07 Å².